The molecular weight excluding hydrogens is 364 g/mol. The quantitative estimate of drug-likeness (QED) is 0.810. The van der Waals surface area contributed by atoms with Crippen molar-refractivity contribution in [3.63, 3.8) is 0 Å². The Bertz CT molecular complexity index is 851. The van der Waals surface area contributed by atoms with E-state index in [-0.39, 0.29) is 5.91 Å². The van der Waals surface area contributed by atoms with Gasteiger partial charge in [0.1, 0.15) is 16.4 Å². The third kappa shape index (κ3) is 4.77. The van der Waals surface area contributed by atoms with Gasteiger partial charge in [-0.05, 0) is 51.5 Å². The zero-order valence-electron chi connectivity index (χ0n) is 15.6. The summed E-state index contributed by atoms with van der Waals surface area (Å²) in [6.45, 7) is 6.26. The molecule has 1 N–H and O–H groups in total. The number of hydrogen-bond acceptors (Lipinski definition) is 6. The molecule has 0 saturated heterocycles. The van der Waals surface area contributed by atoms with E-state index in [1.807, 2.05) is 32.9 Å². The first kappa shape index (κ1) is 19.2. The fraction of sp³-hybridized carbons (Fsp3) is 0.368. The molecule has 142 valence electrons. The van der Waals surface area contributed by atoms with Crippen molar-refractivity contribution in [2.45, 2.75) is 42.7 Å². The summed E-state index contributed by atoms with van der Waals surface area (Å²) in [5.74, 6) is 0.475. The lowest BCUT2D eigenvalue weighted by atomic mass is 10.2. The van der Waals surface area contributed by atoms with Crippen LogP contribution in [0.2, 0.25) is 0 Å². The summed E-state index contributed by atoms with van der Waals surface area (Å²) in [7, 11) is 0. The number of amides is 2. The smallest absolute Gasteiger partial charge is 0.407 e. The lowest BCUT2D eigenvalue weighted by molar-refractivity contribution is 0.0527. The normalized spacial score (nSPS) is 13.4. The molecule has 0 saturated carbocycles. The summed E-state index contributed by atoms with van der Waals surface area (Å²) in [5, 5.41) is 3.39. The molecule has 0 fully saturated rings. The maximum atomic E-state index is 13.0. The Morgan fingerprint density at radius 2 is 1.96 bits per heavy atom. The Morgan fingerprint density at radius 3 is 2.74 bits per heavy atom. The summed E-state index contributed by atoms with van der Waals surface area (Å²) in [4.78, 5) is 36.0. The highest BCUT2D eigenvalue weighted by molar-refractivity contribution is 7.99. The van der Waals surface area contributed by atoms with Crippen LogP contribution in [0.25, 0.3) is 0 Å². The summed E-state index contributed by atoms with van der Waals surface area (Å²) >= 11 is 1.44. The van der Waals surface area contributed by atoms with Crippen molar-refractivity contribution in [1.29, 1.82) is 0 Å². The number of aromatic nitrogens is 2. The van der Waals surface area contributed by atoms with Gasteiger partial charge in [0.15, 0.2) is 0 Å². The van der Waals surface area contributed by atoms with Crippen molar-refractivity contribution in [2.24, 2.45) is 0 Å². The highest BCUT2D eigenvalue weighted by Gasteiger charge is 2.28. The number of nitrogens with one attached hydrogen (secondary N) is 1. The number of carbonyl (C=O) groups is 2. The van der Waals surface area contributed by atoms with E-state index in [0.717, 1.165) is 4.90 Å². The number of pyridine rings is 2. The van der Waals surface area contributed by atoms with Crippen LogP contribution in [0.3, 0.4) is 0 Å². The fourth-order valence-electron chi connectivity index (χ4n) is 2.59. The molecule has 27 heavy (non-hydrogen) atoms. The molecule has 2 amide bonds. The van der Waals surface area contributed by atoms with Crippen LogP contribution in [0.1, 0.15) is 37.6 Å². The van der Waals surface area contributed by atoms with Gasteiger partial charge in [0, 0.05) is 25.5 Å². The Labute approximate surface area is 162 Å². The molecule has 7 nitrogen and oxygen atoms in total. The Morgan fingerprint density at radius 1 is 1.22 bits per heavy atom. The molecule has 2 aromatic heterocycles. The molecule has 8 heteroatoms. The van der Waals surface area contributed by atoms with Crippen molar-refractivity contribution in [3.8, 4) is 0 Å². The van der Waals surface area contributed by atoms with Gasteiger partial charge in [-0.3, -0.25) is 9.69 Å². The highest BCUT2D eigenvalue weighted by Crippen LogP contribution is 2.38. The molecule has 0 aliphatic carbocycles. The fourth-order valence-corrected chi connectivity index (χ4v) is 3.58. The second-order valence-electron chi connectivity index (χ2n) is 7.02. The maximum absolute atomic E-state index is 13.0. The number of carbonyl (C=O) groups excluding carboxylic acids is 2. The van der Waals surface area contributed by atoms with E-state index in [2.05, 4.69) is 15.3 Å². The lowest BCUT2D eigenvalue weighted by Crippen LogP contribution is -2.36. The van der Waals surface area contributed by atoms with Crippen molar-refractivity contribution >= 4 is 29.6 Å². The van der Waals surface area contributed by atoms with Crippen molar-refractivity contribution in [1.82, 2.24) is 15.3 Å². The molecule has 0 bridgehead atoms. The first-order valence-electron chi connectivity index (χ1n) is 8.72. The molecule has 0 atom stereocenters. The third-order valence-corrected chi connectivity index (χ3v) is 4.74. The number of rotatable bonds is 4. The number of nitrogens with zero attached hydrogens (tertiary/aromatic N) is 3. The molecule has 0 aromatic carbocycles. The number of fused-ring (bicyclic) bond motifs is 2. The standard InChI is InChI=1S/C19H22N4O3S/c1-19(2,3)26-18(25)22-11-6-12-23-15-14(8-5-9-20-15)27-16-13(17(23)24)7-4-10-21-16/h4-5,7-10H,6,11-12H2,1-3H3,(H,22,25). The second kappa shape index (κ2) is 7.96. The molecule has 3 rings (SSSR count). The van der Waals surface area contributed by atoms with Gasteiger partial charge in [-0.1, -0.05) is 11.8 Å². The molecule has 1 aliphatic rings. The highest BCUT2D eigenvalue weighted by atomic mass is 32.2. The second-order valence-corrected chi connectivity index (χ2v) is 8.05. The third-order valence-electron chi connectivity index (χ3n) is 3.69. The van der Waals surface area contributed by atoms with Crippen molar-refractivity contribution in [2.75, 3.05) is 18.0 Å². The van der Waals surface area contributed by atoms with E-state index in [0.29, 0.717) is 35.9 Å². The first-order chi connectivity index (χ1) is 12.8. The summed E-state index contributed by atoms with van der Waals surface area (Å²) in [6.07, 6.45) is 3.45. The van der Waals surface area contributed by atoms with E-state index < -0.39 is 11.7 Å². The Kier molecular flexibility index (Phi) is 5.65. The maximum Gasteiger partial charge on any atom is 0.407 e. The van der Waals surface area contributed by atoms with Gasteiger partial charge in [0.2, 0.25) is 0 Å². The van der Waals surface area contributed by atoms with Gasteiger partial charge < -0.3 is 10.1 Å². The molecular formula is C19H22N4O3S. The van der Waals surface area contributed by atoms with E-state index in [4.69, 9.17) is 4.74 Å². The van der Waals surface area contributed by atoms with Crippen LogP contribution in [0, 0.1) is 0 Å². The van der Waals surface area contributed by atoms with Crippen LogP contribution < -0.4 is 10.2 Å². The largest absolute Gasteiger partial charge is 0.444 e. The zero-order valence-corrected chi connectivity index (χ0v) is 16.4. The van der Waals surface area contributed by atoms with Crippen LogP contribution in [-0.2, 0) is 4.74 Å². The number of hydrogen-bond donors (Lipinski definition) is 1. The van der Waals surface area contributed by atoms with Gasteiger partial charge in [0.05, 0.1) is 10.5 Å². The van der Waals surface area contributed by atoms with Crippen LogP contribution in [0.15, 0.2) is 46.6 Å². The monoisotopic (exact) mass is 386 g/mol. The van der Waals surface area contributed by atoms with E-state index in [1.54, 1.807) is 29.4 Å². The minimum Gasteiger partial charge on any atom is -0.444 e. The van der Waals surface area contributed by atoms with Crippen LogP contribution >= 0.6 is 11.8 Å². The van der Waals surface area contributed by atoms with Gasteiger partial charge in [-0.15, -0.1) is 0 Å². The SMILES string of the molecule is CC(C)(C)OC(=O)NCCCN1C(=O)c2cccnc2Sc2cccnc21. The van der Waals surface area contributed by atoms with Gasteiger partial charge >= 0.3 is 6.09 Å². The average Bonchev–Trinajstić information content (AvgIpc) is 2.72. The van der Waals surface area contributed by atoms with Crippen molar-refractivity contribution in [3.05, 3.63) is 42.2 Å². The van der Waals surface area contributed by atoms with E-state index in [9.17, 15) is 9.59 Å². The van der Waals surface area contributed by atoms with Gasteiger partial charge in [-0.25, -0.2) is 14.8 Å². The minimum atomic E-state index is -0.540. The minimum absolute atomic E-state index is 0.139. The summed E-state index contributed by atoms with van der Waals surface area (Å²) in [5.41, 5.74) is 0.0161. The van der Waals surface area contributed by atoms with Crippen LogP contribution in [0.4, 0.5) is 10.6 Å². The van der Waals surface area contributed by atoms with Gasteiger partial charge in [-0.2, -0.15) is 0 Å². The molecule has 1 aliphatic heterocycles. The zero-order chi connectivity index (χ0) is 19.4. The molecule has 0 unspecified atom stereocenters. The number of anilines is 1. The number of ether oxygens (including phenoxy) is 1. The Balaban J connectivity index is 1.71. The first-order valence-corrected chi connectivity index (χ1v) is 9.53. The van der Waals surface area contributed by atoms with Crippen molar-refractivity contribution < 1.29 is 14.3 Å². The van der Waals surface area contributed by atoms with E-state index >= 15 is 0 Å². The van der Waals surface area contributed by atoms with Gasteiger partial charge in [0.25, 0.3) is 5.91 Å². The average molecular weight is 386 g/mol. The topological polar surface area (TPSA) is 84.4 Å². The Hall–Kier alpha value is -2.61. The van der Waals surface area contributed by atoms with Crippen LogP contribution in [-0.4, -0.2) is 40.7 Å². The predicted molar refractivity (Wildman–Crippen MR) is 103 cm³/mol. The molecule has 2 aromatic rings. The number of alkyl carbamates (subject to hydrolysis) is 1. The summed E-state index contributed by atoms with van der Waals surface area (Å²) in [6, 6.07) is 7.29. The molecule has 0 radical (unpaired) electrons. The van der Waals surface area contributed by atoms with Crippen LogP contribution in [0.5, 0.6) is 0 Å². The van der Waals surface area contributed by atoms with E-state index in [1.165, 1.54) is 11.8 Å². The molecule has 0 spiro atoms. The lowest BCUT2D eigenvalue weighted by Gasteiger charge is -2.22. The predicted octanol–water partition coefficient (Wildman–Crippen LogP) is 3.50. The molecule has 3 heterocycles. The summed E-state index contributed by atoms with van der Waals surface area (Å²) < 4.78 is 5.22.